The minimum atomic E-state index is -0.726. The Bertz CT molecular complexity index is 578. The molecule has 2 aromatic carbocycles. The molecule has 1 N–H and O–H groups in total. The topological polar surface area (TPSA) is 38.7 Å². The Labute approximate surface area is 119 Å². The number of benzene rings is 2. The van der Waals surface area contributed by atoms with Crippen molar-refractivity contribution in [2.24, 2.45) is 0 Å². The van der Waals surface area contributed by atoms with Gasteiger partial charge in [0.15, 0.2) is 0 Å². The lowest BCUT2D eigenvalue weighted by Crippen LogP contribution is -2.05. The number of aryl methyl sites for hydroxylation is 1. The highest BCUT2D eigenvalue weighted by molar-refractivity contribution is 5.46. The van der Waals surface area contributed by atoms with Gasteiger partial charge in [0.1, 0.15) is 17.6 Å². The number of rotatable bonds is 5. The van der Waals surface area contributed by atoms with Crippen LogP contribution in [-0.2, 0) is 6.42 Å². The van der Waals surface area contributed by atoms with E-state index in [1.165, 1.54) is 0 Å². The minimum Gasteiger partial charge on any atom is -0.497 e. The fourth-order valence-corrected chi connectivity index (χ4v) is 2.34. The molecule has 0 aliphatic carbocycles. The van der Waals surface area contributed by atoms with Crippen LogP contribution in [0.2, 0.25) is 0 Å². The van der Waals surface area contributed by atoms with E-state index < -0.39 is 6.10 Å². The van der Waals surface area contributed by atoms with Gasteiger partial charge in [-0.3, -0.25) is 0 Å². The molecule has 1 unspecified atom stereocenters. The maximum atomic E-state index is 10.7. The lowest BCUT2D eigenvalue weighted by molar-refractivity contribution is 0.213. The van der Waals surface area contributed by atoms with Crippen molar-refractivity contribution in [2.45, 2.75) is 19.4 Å². The maximum absolute atomic E-state index is 10.7. The van der Waals surface area contributed by atoms with E-state index in [9.17, 15) is 5.11 Å². The molecule has 0 saturated carbocycles. The fraction of sp³-hybridized carbons (Fsp3) is 0.294. The minimum absolute atomic E-state index is 0.657. The summed E-state index contributed by atoms with van der Waals surface area (Å²) in [6, 6.07) is 13.3. The highest BCUT2D eigenvalue weighted by Crippen LogP contribution is 2.34. The van der Waals surface area contributed by atoms with Crippen LogP contribution in [0.3, 0.4) is 0 Å². The van der Waals surface area contributed by atoms with E-state index in [-0.39, 0.29) is 0 Å². The zero-order valence-electron chi connectivity index (χ0n) is 12.1. The molecule has 0 fully saturated rings. The van der Waals surface area contributed by atoms with Crippen LogP contribution in [0.25, 0.3) is 0 Å². The summed E-state index contributed by atoms with van der Waals surface area (Å²) in [5.41, 5.74) is 2.75. The lowest BCUT2D eigenvalue weighted by atomic mass is 9.95. The summed E-state index contributed by atoms with van der Waals surface area (Å²) in [6.07, 6.45) is 0.149. The first-order chi connectivity index (χ1) is 9.71. The first kappa shape index (κ1) is 14.4. The van der Waals surface area contributed by atoms with E-state index in [1.807, 2.05) is 42.5 Å². The average molecular weight is 272 g/mol. The molecule has 0 spiro atoms. The van der Waals surface area contributed by atoms with Crippen molar-refractivity contribution in [1.82, 2.24) is 0 Å². The summed E-state index contributed by atoms with van der Waals surface area (Å²) < 4.78 is 10.6. The molecule has 3 heteroatoms. The number of hydrogen-bond donors (Lipinski definition) is 1. The highest BCUT2D eigenvalue weighted by atomic mass is 16.5. The molecule has 1 atom stereocenters. The molecule has 3 nitrogen and oxygen atoms in total. The van der Waals surface area contributed by atoms with Gasteiger partial charge in [0, 0.05) is 5.56 Å². The van der Waals surface area contributed by atoms with E-state index in [4.69, 9.17) is 9.47 Å². The first-order valence-electron chi connectivity index (χ1n) is 6.69. The SMILES string of the molecule is CCc1ccccc1C(O)c1cc(OC)ccc1OC. The molecule has 0 aliphatic rings. The van der Waals surface area contributed by atoms with Crippen LogP contribution in [0.5, 0.6) is 11.5 Å². The molecule has 0 saturated heterocycles. The van der Waals surface area contributed by atoms with Crippen molar-refractivity contribution < 1.29 is 14.6 Å². The molecule has 0 aromatic heterocycles. The maximum Gasteiger partial charge on any atom is 0.125 e. The monoisotopic (exact) mass is 272 g/mol. The summed E-state index contributed by atoms with van der Waals surface area (Å²) in [5.74, 6) is 1.36. The van der Waals surface area contributed by atoms with Crippen LogP contribution in [0.15, 0.2) is 42.5 Å². The molecule has 0 aliphatic heterocycles. The summed E-state index contributed by atoms with van der Waals surface area (Å²) in [7, 11) is 3.21. The zero-order chi connectivity index (χ0) is 14.5. The third-order valence-electron chi connectivity index (χ3n) is 3.46. The molecule has 2 rings (SSSR count). The lowest BCUT2D eigenvalue weighted by Gasteiger charge is -2.18. The van der Waals surface area contributed by atoms with Crippen LogP contribution in [0.1, 0.15) is 29.7 Å². The summed E-state index contributed by atoms with van der Waals surface area (Å²) >= 11 is 0. The smallest absolute Gasteiger partial charge is 0.125 e. The Morgan fingerprint density at radius 1 is 1.00 bits per heavy atom. The fourth-order valence-electron chi connectivity index (χ4n) is 2.34. The Morgan fingerprint density at radius 2 is 1.75 bits per heavy atom. The average Bonchev–Trinajstić information content (AvgIpc) is 2.53. The van der Waals surface area contributed by atoms with Crippen LogP contribution in [0, 0.1) is 0 Å². The molecule has 0 heterocycles. The zero-order valence-corrected chi connectivity index (χ0v) is 12.1. The van der Waals surface area contributed by atoms with Crippen molar-refractivity contribution in [3.8, 4) is 11.5 Å². The number of methoxy groups -OCH3 is 2. The van der Waals surface area contributed by atoms with Gasteiger partial charge in [0.05, 0.1) is 14.2 Å². The predicted octanol–water partition coefficient (Wildman–Crippen LogP) is 3.35. The molecular formula is C17H20O3. The van der Waals surface area contributed by atoms with Crippen LogP contribution >= 0.6 is 0 Å². The van der Waals surface area contributed by atoms with Gasteiger partial charge in [-0.25, -0.2) is 0 Å². The molecule has 106 valence electrons. The van der Waals surface area contributed by atoms with Gasteiger partial charge in [0.25, 0.3) is 0 Å². The highest BCUT2D eigenvalue weighted by Gasteiger charge is 2.18. The van der Waals surface area contributed by atoms with Gasteiger partial charge < -0.3 is 14.6 Å². The predicted molar refractivity (Wildman–Crippen MR) is 79.4 cm³/mol. The van der Waals surface area contributed by atoms with Gasteiger partial charge in [-0.05, 0) is 35.7 Å². The molecule has 2 aromatic rings. The second kappa shape index (κ2) is 6.44. The largest absolute Gasteiger partial charge is 0.497 e. The van der Waals surface area contributed by atoms with Crippen molar-refractivity contribution >= 4 is 0 Å². The van der Waals surface area contributed by atoms with Gasteiger partial charge in [0.2, 0.25) is 0 Å². The van der Waals surface area contributed by atoms with Gasteiger partial charge >= 0.3 is 0 Å². The quantitative estimate of drug-likeness (QED) is 0.907. The standard InChI is InChI=1S/C17H20O3/c1-4-12-7-5-6-8-14(12)17(18)15-11-13(19-2)9-10-16(15)20-3/h5-11,17-18H,4H2,1-3H3. The van der Waals surface area contributed by atoms with Crippen LogP contribution in [0.4, 0.5) is 0 Å². The van der Waals surface area contributed by atoms with E-state index in [0.717, 1.165) is 17.5 Å². The van der Waals surface area contributed by atoms with Gasteiger partial charge in [-0.15, -0.1) is 0 Å². The third-order valence-corrected chi connectivity index (χ3v) is 3.46. The van der Waals surface area contributed by atoms with Crippen LogP contribution in [-0.4, -0.2) is 19.3 Å². The van der Waals surface area contributed by atoms with E-state index in [2.05, 4.69) is 6.92 Å². The number of hydrogen-bond acceptors (Lipinski definition) is 3. The first-order valence-corrected chi connectivity index (χ1v) is 6.69. The van der Waals surface area contributed by atoms with Crippen LogP contribution < -0.4 is 9.47 Å². The summed E-state index contributed by atoms with van der Waals surface area (Å²) in [6.45, 7) is 2.08. The van der Waals surface area contributed by atoms with Gasteiger partial charge in [-0.2, -0.15) is 0 Å². The molecular weight excluding hydrogens is 252 g/mol. The Balaban J connectivity index is 2.49. The number of aliphatic hydroxyl groups excluding tert-OH is 1. The number of ether oxygens (including phenoxy) is 2. The Morgan fingerprint density at radius 3 is 2.40 bits per heavy atom. The molecule has 0 amide bonds. The van der Waals surface area contributed by atoms with E-state index in [1.54, 1.807) is 14.2 Å². The second-order valence-corrected chi connectivity index (χ2v) is 4.56. The third kappa shape index (κ3) is 2.78. The Kier molecular flexibility index (Phi) is 4.64. The van der Waals surface area contributed by atoms with E-state index >= 15 is 0 Å². The summed E-state index contributed by atoms with van der Waals surface area (Å²) in [4.78, 5) is 0. The van der Waals surface area contributed by atoms with Crippen molar-refractivity contribution in [1.29, 1.82) is 0 Å². The normalized spacial score (nSPS) is 12.0. The molecule has 0 radical (unpaired) electrons. The number of aliphatic hydroxyl groups is 1. The molecule has 0 bridgehead atoms. The molecule has 20 heavy (non-hydrogen) atoms. The van der Waals surface area contributed by atoms with E-state index in [0.29, 0.717) is 17.1 Å². The van der Waals surface area contributed by atoms with Crippen molar-refractivity contribution in [3.63, 3.8) is 0 Å². The second-order valence-electron chi connectivity index (χ2n) is 4.56. The van der Waals surface area contributed by atoms with Crippen molar-refractivity contribution in [3.05, 3.63) is 59.2 Å². The Hall–Kier alpha value is -2.00. The van der Waals surface area contributed by atoms with Gasteiger partial charge in [-0.1, -0.05) is 31.2 Å². The summed E-state index contributed by atoms with van der Waals surface area (Å²) in [5, 5.41) is 10.7. The van der Waals surface area contributed by atoms with Crippen molar-refractivity contribution in [2.75, 3.05) is 14.2 Å².